The first-order chi connectivity index (χ1) is 14.6. The summed E-state index contributed by atoms with van der Waals surface area (Å²) in [5.41, 5.74) is -2.56. The highest BCUT2D eigenvalue weighted by atomic mass is 32.2. The van der Waals surface area contributed by atoms with Gasteiger partial charge in [0.25, 0.3) is 5.56 Å². The molecular weight excluding hydrogens is 437 g/mol. The number of nitrogens with one attached hydrogen (secondary N) is 1. The van der Waals surface area contributed by atoms with Gasteiger partial charge in [-0.05, 0) is 36.6 Å². The maximum absolute atomic E-state index is 12.9. The number of nitrogens with zero attached hydrogens (tertiary/aromatic N) is 3. The molecule has 0 saturated heterocycles. The lowest BCUT2D eigenvalue weighted by Crippen LogP contribution is -2.14. The molecule has 158 valence electrons. The Kier molecular flexibility index (Phi) is 5.98. The highest BCUT2D eigenvalue weighted by Crippen LogP contribution is 2.37. The van der Waals surface area contributed by atoms with Crippen molar-refractivity contribution < 1.29 is 22.8 Å². The fourth-order valence-electron chi connectivity index (χ4n) is 2.62. The molecule has 2 aromatic carbocycles. The maximum Gasteiger partial charge on any atom is 0.416 e. The van der Waals surface area contributed by atoms with Crippen LogP contribution in [0.25, 0.3) is 11.3 Å². The van der Waals surface area contributed by atoms with Gasteiger partial charge in [0, 0.05) is 11.6 Å². The molecule has 1 N–H and O–H groups in total. The first kappa shape index (κ1) is 21.8. The number of nitro groups is 1. The monoisotopic (exact) mass is 448 g/mol. The number of nitro benzene ring substituents is 1. The molecular formula is C19H11F3N4O4S. The molecule has 1 heterocycles. The van der Waals surface area contributed by atoms with Crippen LogP contribution in [-0.2, 0) is 6.18 Å². The summed E-state index contributed by atoms with van der Waals surface area (Å²) in [6.45, 7) is 0. The average molecular weight is 448 g/mol. The first-order valence-electron chi connectivity index (χ1n) is 8.36. The standard InChI is InChI=1S/C19H11F3N4O4S/c1-31-18-24-16(13(9-23)17(27)25-18)10-5-6-15(14(7-10)26(28)29)30-12-4-2-3-11(8-12)19(20,21)22/h2-8H,1H3,(H,24,25,27). The molecule has 0 atom stereocenters. The van der Waals surface area contributed by atoms with Crippen LogP contribution in [0.2, 0.25) is 0 Å². The lowest BCUT2D eigenvalue weighted by molar-refractivity contribution is -0.385. The predicted molar refractivity (Wildman–Crippen MR) is 105 cm³/mol. The number of nitriles is 1. The zero-order valence-corrected chi connectivity index (χ0v) is 16.4. The van der Waals surface area contributed by atoms with Gasteiger partial charge in [0.05, 0.1) is 16.2 Å². The van der Waals surface area contributed by atoms with Gasteiger partial charge in [-0.2, -0.15) is 18.4 Å². The number of alkyl halides is 3. The summed E-state index contributed by atoms with van der Waals surface area (Å²) in [7, 11) is 0. The van der Waals surface area contributed by atoms with Crippen molar-refractivity contribution in [3.8, 4) is 28.8 Å². The van der Waals surface area contributed by atoms with E-state index in [4.69, 9.17) is 4.74 Å². The van der Waals surface area contributed by atoms with Gasteiger partial charge in [-0.1, -0.05) is 17.8 Å². The molecule has 0 amide bonds. The number of aromatic amines is 1. The Morgan fingerprint density at radius 2 is 2.00 bits per heavy atom. The van der Waals surface area contributed by atoms with E-state index < -0.39 is 27.9 Å². The zero-order valence-electron chi connectivity index (χ0n) is 15.6. The second-order valence-electron chi connectivity index (χ2n) is 5.98. The number of hydrogen-bond donors (Lipinski definition) is 1. The molecule has 0 spiro atoms. The summed E-state index contributed by atoms with van der Waals surface area (Å²) in [5, 5.41) is 21.0. The van der Waals surface area contributed by atoms with E-state index in [9.17, 15) is 33.3 Å². The van der Waals surface area contributed by atoms with Crippen LogP contribution in [0.1, 0.15) is 11.1 Å². The minimum absolute atomic E-state index is 0.0654. The van der Waals surface area contributed by atoms with Gasteiger partial charge in [-0.25, -0.2) is 4.98 Å². The number of hydrogen-bond acceptors (Lipinski definition) is 7. The summed E-state index contributed by atoms with van der Waals surface area (Å²) in [6, 6.07) is 9.14. The van der Waals surface area contributed by atoms with E-state index in [0.29, 0.717) is 6.07 Å². The van der Waals surface area contributed by atoms with Gasteiger partial charge < -0.3 is 9.72 Å². The molecule has 0 aliphatic carbocycles. The molecule has 12 heteroatoms. The molecule has 3 rings (SSSR count). The first-order valence-corrected chi connectivity index (χ1v) is 9.59. The molecule has 0 fully saturated rings. The molecule has 0 unspecified atom stereocenters. The van der Waals surface area contributed by atoms with Crippen molar-refractivity contribution in [2.75, 3.05) is 6.26 Å². The number of rotatable bonds is 5. The van der Waals surface area contributed by atoms with Gasteiger partial charge in [-0.3, -0.25) is 14.9 Å². The molecule has 8 nitrogen and oxygen atoms in total. The fourth-order valence-corrected chi connectivity index (χ4v) is 3.00. The molecule has 0 radical (unpaired) electrons. The smallest absolute Gasteiger partial charge is 0.416 e. The van der Waals surface area contributed by atoms with Crippen LogP contribution in [-0.4, -0.2) is 21.1 Å². The number of halogens is 3. The molecule has 1 aromatic heterocycles. The molecule has 0 aliphatic rings. The third kappa shape index (κ3) is 4.67. The third-order valence-electron chi connectivity index (χ3n) is 4.02. The molecule has 3 aromatic rings. The molecule has 0 aliphatic heterocycles. The fraction of sp³-hybridized carbons (Fsp3) is 0.105. The highest BCUT2D eigenvalue weighted by Gasteiger charge is 2.31. The molecule has 0 saturated carbocycles. The number of ether oxygens (including phenoxy) is 1. The van der Waals surface area contributed by atoms with Crippen LogP contribution in [0.15, 0.2) is 52.4 Å². The van der Waals surface area contributed by atoms with E-state index in [-0.39, 0.29) is 33.5 Å². The van der Waals surface area contributed by atoms with Crippen LogP contribution >= 0.6 is 11.8 Å². The van der Waals surface area contributed by atoms with Gasteiger partial charge in [0.2, 0.25) is 5.75 Å². The number of aromatic nitrogens is 2. The van der Waals surface area contributed by atoms with Gasteiger partial charge in [0.15, 0.2) is 5.16 Å². The lowest BCUT2D eigenvalue weighted by atomic mass is 10.1. The Morgan fingerprint density at radius 1 is 1.26 bits per heavy atom. The summed E-state index contributed by atoms with van der Waals surface area (Å²) >= 11 is 1.10. The van der Waals surface area contributed by atoms with Gasteiger partial charge >= 0.3 is 11.9 Å². The number of thioether (sulfide) groups is 1. The van der Waals surface area contributed by atoms with Crippen LogP contribution < -0.4 is 10.3 Å². The Bertz CT molecular complexity index is 1270. The second kappa shape index (κ2) is 8.49. The Morgan fingerprint density at radius 3 is 2.61 bits per heavy atom. The van der Waals surface area contributed by atoms with Crippen molar-refractivity contribution in [2.45, 2.75) is 11.3 Å². The molecule has 0 bridgehead atoms. The topological polar surface area (TPSA) is 122 Å². The normalized spacial score (nSPS) is 11.1. The number of H-pyrrole nitrogens is 1. The lowest BCUT2D eigenvalue weighted by Gasteiger charge is -2.11. The van der Waals surface area contributed by atoms with E-state index in [0.717, 1.165) is 36.0 Å². The van der Waals surface area contributed by atoms with E-state index in [1.54, 1.807) is 12.3 Å². The van der Waals surface area contributed by atoms with Crippen molar-refractivity contribution in [1.82, 2.24) is 9.97 Å². The SMILES string of the molecule is CSc1nc(-c2ccc(Oc3cccc(C(F)(F)F)c3)c([N+](=O)[O-])c2)c(C#N)c(=O)[nH]1. The largest absolute Gasteiger partial charge is 0.450 e. The third-order valence-corrected chi connectivity index (χ3v) is 4.60. The van der Waals surface area contributed by atoms with Gasteiger partial charge in [-0.15, -0.1) is 0 Å². The Balaban J connectivity index is 2.09. The van der Waals surface area contributed by atoms with Crippen molar-refractivity contribution in [3.05, 3.63) is 74.1 Å². The highest BCUT2D eigenvalue weighted by molar-refractivity contribution is 7.98. The van der Waals surface area contributed by atoms with Crippen LogP contribution in [0.3, 0.4) is 0 Å². The van der Waals surface area contributed by atoms with Crippen molar-refractivity contribution in [2.24, 2.45) is 0 Å². The van der Waals surface area contributed by atoms with E-state index in [1.807, 2.05) is 0 Å². The van der Waals surface area contributed by atoms with Crippen molar-refractivity contribution in [1.29, 1.82) is 5.26 Å². The van der Waals surface area contributed by atoms with Crippen LogP contribution in [0.5, 0.6) is 11.5 Å². The van der Waals surface area contributed by atoms with E-state index >= 15 is 0 Å². The van der Waals surface area contributed by atoms with E-state index in [2.05, 4.69) is 9.97 Å². The van der Waals surface area contributed by atoms with Gasteiger partial charge in [0.1, 0.15) is 17.4 Å². The van der Waals surface area contributed by atoms with Crippen molar-refractivity contribution in [3.63, 3.8) is 0 Å². The Labute approximate surface area is 176 Å². The second-order valence-corrected chi connectivity index (χ2v) is 6.77. The number of benzene rings is 2. The zero-order chi connectivity index (χ0) is 22.8. The minimum Gasteiger partial charge on any atom is -0.450 e. The molecule has 31 heavy (non-hydrogen) atoms. The van der Waals surface area contributed by atoms with Crippen LogP contribution in [0.4, 0.5) is 18.9 Å². The van der Waals surface area contributed by atoms with Crippen LogP contribution in [0, 0.1) is 21.4 Å². The maximum atomic E-state index is 12.9. The minimum atomic E-state index is -4.61. The summed E-state index contributed by atoms with van der Waals surface area (Å²) in [6.07, 6.45) is -2.97. The summed E-state index contributed by atoms with van der Waals surface area (Å²) < 4.78 is 44.0. The quantitative estimate of drug-likeness (QED) is 0.259. The summed E-state index contributed by atoms with van der Waals surface area (Å²) in [5.74, 6) is -0.566. The van der Waals surface area contributed by atoms with E-state index in [1.165, 1.54) is 12.1 Å². The van der Waals surface area contributed by atoms with Crippen molar-refractivity contribution >= 4 is 17.4 Å². The summed E-state index contributed by atoms with van der Waals surface area (Å²) in [4.78, 5) is 29.4. The average Bonchev–Trinajstić information content (AvgIpc) is 2.72. The predicted octanol–water partition coefficient (Wildman–Crippen LogP) is 4.75. The Hall–Kier alpha value is -3.85.